The molecule has 6 nitrogen and oxygen atoms in total. The van der Waals surface area contributed by atoms with Crippen molar-refractivity contribution in [1.82, 2.24) is 14.8 Å². The number of amides is 1. The van der Waals surface area contributed by atoms with Crippen LogP contribution < -0.4 is 5.56 Å². The molecule has 0 unspecified atom stereocenters. The van der Waals surface area contributed by atoms with Crippen molar-refractivity contribution in [2.45, 2.75) is 45.1 Å². The fraction of sp³-hybridized carbons (Fsp3) is 0.684. The first-order valence-corrected chi connectivity index (χ1v) is 9.21. The third-order valence-electron chi connectivity index (χ3n) is 5.73. The molecule has 138 valence electrons. The molecule has 1 aromatic heterocycles. The molecule has 6 heteroatoms. The minimum atomic E-state index is -0.362. The number of aromatic nitrogens is 1. The second-order valence-electron chi connectivity index (χ2n) is 8.04. The van der Waals surface area contributed by atoms with Crippen molar-refractivity contribution in [2.75, 3.05) is 33.2 Å². The molecule has 0 aliphatic carbocycles. The van der Waals surface area contributed by atoms with Crippen molar-refractivity contribution in [3.8, 4) is 0 Å². The second kappa shape index (κ2) is 6.92. The highest BCUT2D eigenvalue weighted by Gasteiger charge is 2.45. The minimum Gasteiger partial charge on any atom is -0.392 e. The van der Waals surface area contributed by atoms with Gasteiger partial charge in [0.2, 0.25) is 5.56 Å². The van der Waals surface area contributed by atoms with Crippen molar-refractivity contribution in [3.63, 3.8) is 0 Å². The molecule has 25 heavy (non-hydrogen) atoms. The lowest BCUT2D eigenvalue weighted by Crippen LogP contribution is -2.59. The highest BCUT2D eigenvalue weighted by atomic mass is 16.3. The van der Waals surface area contributed by atoms with E-state index in [1.807, 2.05) is 18.7 Å². The maximum atomic E-state index is 13.2. The van der Waals surface area contributed by atoms with Crippen LogP contribution in [-0.4, -0.2) is 65.1 Å². The first kappa shape index (κ1) is 18.1. The number of carbonyl (C=O) groups is 1. The van der Waals surface area contributed by atoms with E-state index in [9.17, 15) is 14.7 Å². The Kier molecular flexibility index (Phi) is 5.02. The largest absolute Gasteiger partial charge is 0.392 e. The predicted octanol–water partition coefficient (Wildman–Crippen LogP) is 1.42. The van der Waals surface area contributed by atoms with Gasteiger partial charge in [-0.3, -0.25) is 9.59 Å². The van der Waals surface area contributed by atoms with E-state index in [1.54, 1.807) is 6.07 Å². The molecule has 0 aromatic carbocycles. The number of hydrogen-bond donors (Lipinski definition) is 2. The van der Waals surface area contributed by atoms with Crippen LogP contribution in [-0.2, 0) is 0 Å². The molecule has 3 heterocycles. The van der Waals surface area contributed by atoms with Crippen LogP contribution in [0.3, 0.4) is 0 Å². The summed E-state index contributed by atoms with van der Waals surface area (Å²) >= 11 is 0. The molecule has 1 aromatic rings. The fourth-order valence-electron chi connectivity index (χ4n) is 4.41. The highest BCUT2D eigenvalue weighted by molar-refractivity contribution is 5.95. The molecule has 2 fully saturated rings. The summed E-state index contributed by atoms with van der Waals surface area (Å²) < 4.78 is 0. The predicted molar refractivity (Wildman–Crippen MR) is 96.8 cm³/mol. The summed E-state index contributed by atoms with van der Waals surface area (Å²) in [6, 6.07) is 3.06. The number of aromatic amines is 1. The van der Waals surface area contributed by atoms with E-state index in [0.29, 0.717) is 24.3 Å². The van der Waals surface area contributed by atoms with Gasteiger partial charge in [-0.1, -0.05) is 13.8 Å². The monoisotopic (exact) mass is 347 g/mol. The third kappa shape index (κ3) is 3.51. The Labute approximate surface area is 148 Å². The van der Waals surface area contributed by atoms with Crippen molar-refractivity contribution < 1.29 is 9.90 Å². The van der Waals surface area contributed by atoms with Gasteiger partial charge in [0.15, 0.2) is 0 Å². The van der Waals surface area contributed by atoms with Gasteiger partial charge < -0.3 is 19.9 Å². The Balaban J connectivity index is 1.87. The van der Waals surface area contributed by atoms with Crippen LogP contribution in [0.5, 0.6) is 0 Å². The number of likely N-dealkylation sites (tertiary alicyclic amines) is 2. The third-order valence-corrected chi connectivity index (χ3v) is 5.73. The summed E-state index contributed by atoms with van der Waals surface area (Å²) in [5, 5.41) is 10.6. The molecule has 1 spiro atoms. The number of aliphatic hydroxyl groups is 1. The molecule has 1 amide bonds. The number of hydrogen-bond acceptors (Lipinski definition) is 4. The molecule has 0 radical (unpaired) electrons. The summed E-state index contributed by atoms with van der Waals surface area (Å²) in [6.45, 7) is 6.94. The molecule has 0 bridgehead atoms. The van der Waals surface area contributed by atoms with E-state index >= 15 is 0 Å². The summed E-state index contributed by atoms with van der Waals surface area (Å²) in [7, 11) is 2.08. The van der Waals surface area contributed by atoms with Gasteiger partial charge in [-0.2, -0.15) is 0 Å². The van der Waals surface area contributed by atoms with Gasteiger partial charge in [-0.25, -0.2) is 0 Å². The van der Waals surface area contributed by atoms with Crippen molar-refractivity contribution in [2.24, 2.45) is 5.41 Å². The maximum absolute atomic E-state index is 13.2. The topological polar surface area (TPSA) is 76.6 Å². The molecule has 2 N–H and O–H groups in total. The van der Waals surface area contributed by atoms with Gasteiger partial charge in [0.1, 0.15) is 0 Å². The molecular formula is C19H29N3O3. The van der Waals surface area contributed by atoms with Gasteiger partial charge in [0, 0.05) is 43.4 Å². The van der Waals surface area contributed by atoms with Gasteiger partial charge in [-0.05, 0) is 38.3 Å². The standard InChI is InChI=1S/C19H29N3O3/c1-13(2)17-14(5-6-16(24)20-17)18(25)22-9-4-8-19(12-22)11-21(3)10-7-15(19)23/h5-6,13,15,23H,4,7-12H2,1-3H3,(H,20,24)/t15-,19-/m0/s1. The number of carbonyl (C=O) groups excluding carboxylic acids is 1. The van der Waals surface area contributed by atoms with E-state index < -0.39 is 0 Å². The SMILES string of the molecule is CC(C)c1[nH]c(=O)ccc1C(=O)N1CCC[C@]2(CN(C)CC[C@@H]2O)C1. The van der Waals surface area contributed by atoms with Crippen molar-refractivity contribution in [1.29, 1.82) is 0 Å². The number of pyridine rings is 1. The van der Waals surface area contributed by atoms with Crippen molar-refractivity contribution in [3.05, 3.63) is 33.7 Å². The van der Waals surface area contributed by atoms with Gasteiger partial charge in [0.25, 0.3) is 5.91 Å². The average Bonchev–Trinajstić information content (AvgIpc) is 2.58. The number of rotatable bonds is 2. The first-order chi connectivity index (χ1) is 11.8. The number of nitrogens with one attached hydrogen (secondary N) is 1. The number of piperidine rings is 2. The Hall–Kier alpha value is -1.66. The van der Waals surface area contributed by atoms with E-state index in [4.69, 9.17) is 0 Å². The molecule has 2 saturated heterocycles. The number of aliphatic hydroxyl groups excluding tert-OH is 1. The van der Waals surface area contributed by atoms with Crippen molar-refractivity contribution >= 4 is 5.91 Å². The summed E-state index contributed by atoms with van der Waals surface area (Å²) in [4.78, 5) is 31.7. The molecule has 2 aliphatic rings. The van der Waals surface area contributed by atoms with Crippen LogP contribution >= 0.6 is 0 Å². The summed E-state index contributed by atoms with van der Waals surface area (Å²) in [5.74, 6) is 0.0254. The van der Waals surface area contributed by atoms with Gasteiger partial charge in [0.05, 0.1) is 11.7 Å². The van der Waals surface area contributed by atoms with E-state index in [2.05, 4.69) is 16.9 Å². The van der Waals surface area contributed by atoms with E-state index in [-0.39, 0.29) is 28.9 Å². The Morgan fingerprint density at radius 2 is 2.08 bits per heavy atom. The zero-order valence-electron chi connectivity index (χ0n) is 15.4. The maximum Gasteiger partial charge on any atom is 0.255 e. The molecular weight excluding hydrogens is 318 g/mol. The average molecular weight is 347 g/mol. The molecule has 3 rings (SSSR count). The lowest BCUT2D eigenvalue weighted by molar-refractivity contribution is -0.0731. The Morgan fingerprint density at radius 3 is 2.80 bits per heavy atom. The van der Waals surface area contributed by atoms with Gasteiger partial charge >= 0.3 is 0 Å². The normalized spacial score (nSPS) is 27.9. The first-order valence-electron chi connectivity index (χ1n) is 9.21. The van der Waals surface area contributed by atoms with Gasteiger partial charge in [-0.15, -0.1) is 0 Å². The highest BCUT2D eigenvalue weighted by Crippen LogP contribution is 2.39. The second-order valence-corrected chi connectivity index (χ2v) is 8.04. The Bertz CT molecular complexity index is 699. The quantitative estimate of drug-likeness (QED) is 0.848. The van der Waals surface area contributed by atoms with Crippen LogP contribution in [0, 0.1) is 5.41 Å². The van der Waals surface area contributed by atoms with Crippen LogP contribution in [0.2, 0.25) is 0 Å². The zero-order chi connectivity index (χ0) is 18.2. The summed E-state index contributed by atoms with van der Waals surface area (Å²) in [5.41, 5.74) is 0.851. The Morgan fingerprint density at radius 1 is 1.32 bits per heavy atom. The molecule has 2 aliphatic heterocycles. The van der Waals surface area contributed by atoms with Crippen LogP contribution in [0.1, 0.15) is 55.1 Å². The lowest BCUT2D eigenvalue weighted by Gasteiger charge is -2.50. The van der Waals surface area contributed by atoms with Crippen LogP contribution in [0.15, 0.2) is 16.9 Å². The van der Waals surface area contributed by atoms with Crippen LogP contribution in [0.25, 0.3) is 0 Å². The van der Waals surface area contributed by atoms with Crippen LogP contribution in [0.4, 0.5) is 0 Å². The molecule has 0 saturated carbocycles. The van der Waals surface area contributed by atoms with E-state index in [1.165, 1.54) is 6.07 Å². The minimum absolute atomic E-state index is 0.0422. The zero-order valence-corrected chi connectivity index (χ0v) is 15.4. The molecule has 2 atom stereocenters. The smallest absolute Gasteiger partial charge is 0.255 e. The fourth-order valence-corrected chi connectivity index (χ4v) is 4.41. The lowest BCUT2D eigenvalue weighted by atomic mass is 9.71. The number of nitrogens with zero attached hydrogens (tertiary/aromatic N) is 2. The summed E-state index contributed by atoms with van der Waals surface area (Å²) in [6.07, 6.45) is 2.25. The van der Waals surface area contributed by atoms with E-state index in [0.717, 1.165) is 32.4 Å². The number of H-pyrrole nitrogens is 1.